The van der Waals surface area contributed by atoms with Gasteiger partial charge >= 0.3 is 12.3 Å². The number of aryl methyl sites for hydroxylation is 2. The van der Waals surface area contributed by atoms with Crippen LogP contribution in [0, 0.1) is 6.92 Å². The van der Waals surface area contributed by atoms with Crippen molar-refractivity contribution in [2.45, 2.75) is 51.9 Å². The van der Waals surface area contributed by atoms with Crippen LogP contribution in [0.25, 0.3) is 17.1 Å². The fraction of sp³-hybridized carbons (Fsp3) is 0.273. The Kier molecular flexibility index (Phi) is 10.5. The SMILES string of the molecule is Cc1ccc(N2C(=O)CSC2=NC(=S)NC(CCc2ccc(-c3ncn(-c4ccc(OC(F)(F)F)cc4)n3)cc2)C(=O)O)c(C(C)C)c1. The molecule has 2 heterocycles. The maximum absolute atomic E-state index is 12.9. The van der Waals surface area contributed by atoms with Gasteiger partial charge in [-0.1, -0.05) is 67.6 Å². The standard InChI is InChI=1S/C33H31F3N6O4S2/c1-19(2)25-16-20(3)4-15-27(25)42-28(43)17-48-32(42)39-31(47)38-26(30(44)45)14-7-21-5-8-22(9-6-21)29-37-18-41(40-29)23-10-12-24(13-11-23)46-33(34,35)36/h4-6,8-13,15-16,18-19,26H,7,14,17H2,1-3H3,(H,38,47)(H,44,45). The van der Waals surface area contributed by atoms with E-state index in [1.54, 1.807) is 17.0 Å². The van der Waals surface area contributed by atoms with Gasteiger partial charge in [-0.2, -0.15) is 4.99 Å². The Hall–Kier alpha value is -4.76. The Morgan fingerprint density at radius 3 is 2.48 bits per heavy atom. The van der Waals surface area contributed by atoms with Crippen LogP contribution in [0.1, 0.15) is 42.9 Å². The average Bonchev–Trinajstić information content (AvgIpc) is 3.66. The number of aromatic nitrogens is 3. The van der Waals surface area contributed by atoms with Crippen molar-refractivity contribution in [2.24, 2.45) is 4.99 Å². The van der Waals surface area contributed by atoms with Crippen LogP contribution >= 0.6 is 24.0 Å². The zero-order valence-corrected chi connectivity index (χ0v) is 27.7. The molecule has 1 amide bonds. The Labute approximate surface area is 284 Å². The van der Waals surface area contributed by atoms with Gasteiger partial charge in [0, 0.05) is 5.56 Å². The Morgan fingerprint density at radius 1 is 1.12 bits per heavy atom. The number of alkyl halides is 3. The number of hydrogen-bond donors (Lipinski definition) is 2. The molecule has 15 heteroatoms. The van der Waals surface area contributed by atoms with Crippen molar-refractivity contribution >= 4 is 51.8 Å². The van der Waals surface area contributed by atoms with E-state index in [4.69, 9.17) is 12.2 Å². The van der Waals surface area contributed by atoms with Gasteiger partial charge in [0.2, 0.25) is 5.91 Å². The number of amides is 1. The summed E-state index contributed by atoms with van der Waals surface area (Å²) >= 11 is 6.67. The molecular formula is C33H31F3N6O4S2. The molecule has 5 rings (SSSR count). The zero-order chi connectivity index (χ0) is 34.6. The molecule has 4 aromatic rings. The lowest BCUT2D eigenvalue weighted by Crippen LogP contribution is -2.40. The molecule has 0 bridgehead atoms. The maximum Gasteiger partial charge on any atom is 0.573 e. The number of benzene rings is 3. The van der Waals surface area contributed by atoms with E-state index in [-0.39, 0.29) is 34.9 Å². The molecule has 1 aromatic heterocycles. The molecule has 1 saturated heterocycles. The summed E-state index contributed by atoms with van der Waals surface area (Å²) in [7, 11) is 0. The minimum atomic E-state index is -4.78. The first kappa shape index (κ1) is 34.6. The summed E-state index contributed by atoms with van der Waals surface area (Å²) in [6, 6.07) is 17.4. The van der Waals surface area contributed by atoms with E-state index in [0.29, 0.717) is 28.7 Å². The highest BCUT2D eigenvalue weighted by Crippen LogP contribution is 2.34. The van der Waals surface area contributed by atoms with Crippen LogP contribution in [-0.4, -0.2) is 60.2 Å². The van der Waals surface area contributed by atoms with Gasteiger partial charge in [-0.05, 0) is 79.4 Å². The normalized spacial score (nSPS) is 14.9. The van der Waals surface area contributed by atoms with Crippen molar-refractivity contribution in [1.82, 2.24) is 20.1 Å². The van der Waals surface area contributed by atoms with Gasteiger partial charge in [0.15, 0.2) is 16.1 Å². The number of ether oxygens (including phenoxy) is 1. The molecule has 1 fully saturated rings. The second-order valence-electron chi connectivity index (χ2n) is 11.3. The van der Waals surface area contributed by atoms with Crippen molar-refractivity contribution in [3.63, 3.8) is 0 Å². The molecule has 1 unspecified atom stereocenters. The second kappa shape index (κ2) is 14.6. The third kappa shape index (κ3) is 8.58. The largest absolute Gasteiger partial charge is 0.573 e. The summed E-state index contributed by atoms with van der Waals surface area (Å²) in [6.45, 7) is 6.10. The van der Waals surface area contributed by atoms with E-state index in [2.05, 4.69) is 39.0 Å². The van der Waals surface area contributed by atoms with Gasteiger partial charge < -0.3 is 15.2 Å². The molecule has 0 saturated carbocycles. The predicted octanol–water partition coefficient (Wildman–Crippen LogP) is 6.66. The number of rotatable bonds is 10. The molecule has 48 heavy (non-hydrogen) atoms. The second-order valence-corrected chi connectivity index (χ2v) is 12.6. The average molecular weight is 697 g/mol. The van der Waals surface area contributed by atoms with Gasteiger partial charge in [-0.25, -0.2) is 14.5 Å². The number of carboxylic acids is 1. The lowest BCUT2D eigenvalue weighted by atomic mass is 9.98. The highest BCUT2D eigenvalue weighted by atomic mass is 32.2. The van der Waals surface area contributed by atoms with Crippen molar-refractivity contribution in [2.75, 3.05) is 10.7 Å². The van der Waals surface area contributed by atoms with Gasteiger partial charge in [-0.15, -0.1) is 18.3 Å². The number of thioether (sulfide) groups is 1. The lowest BCUT2D eigenvalue weighted by Gasteiger charge is -2.22. The summed E-state index contributed by atoms with van der Waals surface area (Å²) in [4.78, 5) is 35.3. The monoisotopic (exact) mass is 696 g/mol. The Bertz CT molecular complexity index is 1840. The van der Waals surface area contributed by atoms with Gasteiger partial charge in [-0.3, -0.25) is 9.69 Å². The van der Waals surface area contributed by atoms with Crippen LogP contribution in [0.2, 0.25) is 0 Å². The number of carbonyl (C=O) groups is 2. The number of nitrogens with one attached hydrogen (secondary N) is 1. The summed E-state index contributed by atoms with van der Waals surface area (Å²) in [6.07, 6.45) is -2.70. The minimum Gasteiger partial charge on any atom is -0.480 e. The summed E-state index contributed by atoms with van der Waals surface area (Å²) in [5, 5.41) is 17.5. The van der Waals surface area contributed by atoms with Gasteiger partial charge in [0.25, 0.3) is 0 Å². The first-order valence-electron chi connectivity index (χ1n) is 14.8. The summed E-state index contributed by atoms with van der Waals surface area (Å²) < 4.78 is 42.6. The van der Waals surface area contributed by atoms with Crippen LogP contribution in [0.3, 0.4) is 0 Å². The molecule has 2 N–H and O–H groups in total. The van der Waals surface area contributed by atoms with Gasteiger partial charge in [0.05, 0.1) is 17.1 Å². The van der Waals surface area contributed by atoms with E-state index in [1.165, 1.54) is 47.0 Å². The Morgan fingerprint density at radius 2 is 1.83 bits per heavy atom. The summed E-state index contributed by atoms with van der Waals surface area (Å²) in [5.41, 5.74) is 4.88. The van der Waals surface area contributed by atoms with Crippen LogP contribution in [-0.2, 0) is 16.0 Å². The Balaban J connectivity index is 1.21. The maximum atomic E-state index is 12.9. The van der Waals surface area contributed by atoms with E-state index in [0.717, 1.165) is 22.4 Å². The number of aliphatic carboxylic acids is 1. The number of carbonyl (C=O) groups excluding carboxylic acids is 1. The van der Waals surface area contributed by atoms with Crippen LogP contribution in [0.4, 0.5) is 18.9 Å². The zero-order valence-electron chi connectivity index (χ0n) is 26.1. The third-order valence-electron chi connectivity index (χ3n) is 7.36. The predicted molar refractivity (Wildman–Crippen MR) is 182 cm³/mol. The molecule has 0 aliphatic carbocycles. The highest BCUT2D eigenvalue weighted by molar-refractivity contribution is 8.15. The number of aliphatic imine (C=N–C) groups is 1. The number of nitrogens with zero attached hydrogens (tertiary/aromatic N) is 5. The fourth-order valence-electron chi connectivity index (χ4n) is 5.00. The number of hydrogen-bond acceptors (Lipinski definition) is 7. The van der Waals surface area contributed by atoms with Crippen LogP contribution < -0.4 is 15.0 Å². The van der Waals surface area contributed by atoms with Crippen molar-refractivity contribution in [3.8, 4) is 22.8 Å². The molecule has 0 spiro atoms. The number of anilines is 1. The number of thiocarbonyl (C=S) groups is 1. The highest BCUT2D eigenvalue weighted by Gasteiger charge is 2.33. The van der Waals surface area contributed by atoms with Crippen LogP contribution in [0.5, 0.6) is 5.75 Å². The van der Waals surface area contributed by atoms with Crippen molar-refractivity contribution < 1.29 is 32.6 Å². The van der Waals surface area contributed by atoms with E-state index >= 15 is 0 Å². The molecule has 3 aromatic carbocycles. The quantitative estimate of drug-likeness (QED) is 0.175. The number of halogens is 3. The molecule has 250 valence electrons. The molecule has 1 atom stereocenters. The molecule has 1 aliphatic heterocycles. The molecule has 1 aliphatic rings. The molecular weight excluding hydrogens is 666 g/mol. The fourth-order valence-corrected chi connectivity index (χ4v) is 6.15. The lowest BCUT2D eigenvalue weighted by molar-refractivity contribution is -0.274. The summed E-state index contributed by atoms with van der Waals surface area (Å²) in [5.74, 6) is -0.785. The van der Waals surface area contributed by atoms with E-state index in [9.17, 15) is 27.9 Å². The third-order valence-corrected chi connectivity index (χ3v) is 8.50. The van der Waals surface area contributed by atoms with Crippen molar-refractivity contribution in [1.29, 1.82) is 0 Å². The van der Waals surface area contributed by atoms with E-state index < -0.39 is 18.4 Å². The smallest absolute Gasteiger partial charge is 0.480 e. The topological polar surface area (TPSA) is 122 Å². The van der Waals surface area contributed by atoms with E-state index in [1.807, 2.05) is 37.3 Å². The molecule has 0 radical (unpaired) electrons. The van der Waals surface area contributed by atoms with Crippen LogP contribution in [0.15, 0.2) is 78.0 Å². The number of carboxylic acid groups (broad SMARTS) is 1. The minimum absolute atomic E-state index is 0.0256. The van der Waals surface area contributed by atoms with Gasteiger partial charge in [0.1, 0.15) is 18.1 Å². The van der Waals surface area contributed by atoms with Crippen molar-refractivity contribution in [3.05, 3.63) is 89.7 Å². The first-order chi connectivity index (χ1) is 22.8. The first-order valence-corrected chi connectivity index (χ1v) is 16.2. The molecule has 10 nitrogen and oxygen atoms in total. The number of amidine groups is 1.